The maximum Gasteiger partial charge on any atom is 0.269 e. The Labute approximate surface area is 190 Å². The minimum atomic E-state index is -0.413. The van der Waals surface area contributed by atoms with Gasteiger partial charge in [-0.2, -0.15) is 0 Å². The third-order valence-electron chi connectivity index (χ3n) is 4.16. The largest absolute Gasteiger partial charge is 0.493 e. The fraction of sp³-hybridized carbons (Fsp3) is 0.143. The molecule has 0 aromatic heterocycles. The molecule has 0 saturated heterocycles. The highest BCUT2D eigenvalue weighted by atomic mass is 127. The summed E-state index contributed by atoms with van der Waals surface area (Å²) in [5.41, 5.74) is 2.95. The first-order valence-electron chi connectivity index (χ1n) is 8.68. The average molecular weight is 569 g/mol. The lowest BCUT2D eigenvalue weighted by atomic mass is 10.2. The van der Waals surface area contributed by atoms with Gasteiger partial charge in [0.2, 0.25) is 0 Å². The summed E-state index contributed by atoms with van der Waals surface area (Å²) >= 11 is 5.66. The summed E-state index contributed by atoms with van der Waals surface area (Å²) in [5, 5.41) is 14.0. The molecule has 6 nitrogen and oxygen atoms in total. The molecule has 0 spiro atoms. The van der Waals surface area contributed by atoms with Crippen molar-refractivity contribution in [3.8, 4) is 11.5 Å². The second kappa shape index (κ2) is 9.93. The van der Waals surface area contributed by atoms with Crippen LogP contribution in [-0.4, -0.2) is 12.0 Å². The number of halogens is 2. The van der Waals surface area contributed by atoms with Gasteiger partial charge in [-0.25, -0.2) is 0 Å². The molecule has 150 valence electrons. The Morgan fingerprint density at radius 1 is 1.07 bits per heavy atom. The van der Waals surface area contributed by atoms with E-state index in [9.17, 15) is 10.1 Å². The van der Waals surface area contributed by atoms with Gasteiger partial charge in [0.05, 0.1) is 15.6 Å². The highest BCUT2D eigenvalue weighted by Crippen LogP contribution is 2.35. The first kappa shape index (κ1) is 21.4. The van der Waals surface area contributed by atoms with Crippen LogP contribution in [0.2, 0.25) is 0 Å². The van der Waals surface area contributed by atoms with E-state index in [0.29, 0.717) is 24.7 Å². The van der Waals surface area contributed by atoms with E-state index in [2.05, 4.69) is 43.8 Å². The van der Waals surface area contributed by atoms with Crippen LogP contribution >= 0.6 is 38.5 Å². The SMILES string of the molecule is COc1cc(CNc2ccc([N+](=O)[O-])cc2)cc(I)c1OCc1ccc(Br)cc1. The molecule has 8 heteroatoms. The molecular weight excluding hydrogens is 551 g/mol. The predicted octanol–water partition coefficient (Wildman–Crippen LogP) is 6.16. The van der Waals surface area contributed by atoms with Gasteiger partial charge >= 0.3 is 0 Å². The van der Waals surface area contributed by atoms with E-state index in [1.165, 1.54) is 12.1 Å². The lowest BCUT2D eigenvalue weighted by Gasteiger charge is -2.15. The number of hydrogen-bond acceptors (Lipinski definition) is 5. The number of nitrogens with zero attached hydrogens (tertiary/aromatic N) is 1. The molecule has 29 heavy (non-hydrogen) atoms. The fourth-order valence-electron chi connectivity index (χ4n) is 2.66. The van der Waals surface area contributed by atoms with Crippen molar-refractivity contribution in [1.82, 2.24) is 0 Å². The number of nitro benzene ring substituents is 1. The Morgan fingerprint density at radius 3 is 2.38 bits per heavy atom. The van der Waals surface area contributed by atoms with Gasteiger partial charge in [0.25, 0.3) is 5.69 Å². The Kier molecular flexibility index (Phi) is 7.32. The van der Waals surface area contributed by atoms with E-state index >= 15 is 0 Å². The van der Waals surface area contributed by atoms with Crippen LogP contribution in [0.3, 0.4) is 0 Å². The van der Waals surface area contributed by atoms with E-state index in [1.54, 1.807) is 19.2 Å². The second-order valence-corrected chi connectivity index (χ2v) is 8.26. The lowest BCUT2D eigenvalue weighted by molar-refractivity contribution is -0.384. The molecular formula is C21H18BrIN2O4. The van der Waals surface area contributed by atoms with Gasteiger partial charge in [0.15, 0.2) is 11.5 Å². The second-order valence-electron chi connectivity index (χ2n) is 6.18. The smallest absolute Gasteiger partial charge is 0.269 e. The van der Waals surface area contributed by atoms with Crippen molar-refractivity contribution in [3.63, 3.8) is 0 Å². The number of nitro groups is 1. The van der Waals surface area contributed by atoms with Gasteiger partial charge in [-0.1, -0.05) is 28.1 Å². The molecule has 0 bridgehead atoms. The number of non-ortho nitro benzene ring substituents is 1. The highest BCUT2D eigenvalue weighted by molar-refractivity contribution is 14.1. The monoisotopic (exact) mass is 568 g/mol. The van der Waals surface area contributed by atoms with Gasteiger partial charge in [0.1, 0.15) is 6.61 Å². The van der Waals surface area contributed by atoms with Crippen molar-refractivity contribution in [1.29, 1.82) is 0 Å². The van der Waals surface area contributed by atoms with Crippen LogP contribution in [0.1, 0.15) is 11.1 Å². The predicted molar refractivity (Wildman–Crippen MR) is 125 cm³/mol. The molecule has 0 heterocycles. The Bertz CT molecular complexity index is 995. The van der Waals surface area contributed by atoms with Crippen molar-refractivity contribution < 1.29 is 14.4 Å². The van der Waals surface area contributed by atoms with Gasteiger partial charge in [0, 0.05) is 28.8 Å². The molecule has 3 aromatic carbocycles. The van der Waals surface area contributed by atoms with Crippen molar-refractivity contribution in [2.24, 2.45) is 0 Å². The van der Waals surface area contributed by atoms with Crippen LogP contribution in [0.4, 0.5) is 11.4 Å². The summed E-state index contributed by atoms with van der Waals surface area (Å²) in [5.74, 6) is 1.37. The first-order chi connectivity index (χ1) is 14.0. The molecule has 3 aromatic rings. The normalized spacial score (nSPS) is 10.4. The quantitative estimate of drug-likeness (QED) is 0.200. The minimum absolute atomic E-state index is 0.0686. The maximum absolute atomic E-state index is 10.7. The van der Waals surface area contributed by atoms with Crippen molar-refractivity contribution in [2.45, 2.75) is 13.2 Å². The molecule has 0 saturated carbocycles. The number of ether oxygens (including phenoxy) is 2. The molecule has 0 fully saturated rings. The summed E-state index contributed by atoms with van der Waals surface area (Å²) in [6, 6.07) is 18.3. The van der Waals surface area contributed by atoms with Crippen molar-refractivity contribution in [3.05, 3.63) is 89.9 Å². The zero-order valence-electron chi connectivity index (χ0n) is 15.5. The molecule has 0 atom stereocenters. The molecule has 0 radical (unpaired) electrons. The molecule has 0 amide bonds. The number of rotatable bonds is 8. The Morgan fingerprint density at radius 2 is 1.76 bits per heavy atom. The zero-order chi connectivity index (χ0) is 20.8. The van der Waals surface area contributed by atoms with E-state index in [-0.39, 0.29) is 5.69 Å². The van der Waals surface area contributed by atoms with Crippen molar-refractivity contribution in [2.75, 3.05) is 12.4 Å². The zero-order valence-corrected chi connectivity index (χ0v) is 19.3. The highest BCUT2D eigenvalue weighted by Gasteiger charge is 2.12. The van der Waals surface area contributed by atoms with Crippen LogP contribution < -0.4 is 14.8 Å². The Hall–Kier alpha value is -2.33. The van der Waals surface area contributed by atoms with Gasteiger partial charge in [-0.15, -0.1) is 0 Å². The molecule has 1 N–H and O–H groups in total. The number of anilines is 1. The third kappa shape index (κ3) is 5.83. The van der Waals surface area contributed by atoms with Crippen LogP contribution in [0.25, 0.3) is 0 Å². The van der Waals surface area contributed by atoms with E-state index in [0.717, 1.165) is 24.9 Å². The fourth-order valence-corrected chi connectivity index (χ4v) is 3.74. The molecule has 0 aliphatic heterocycles. The van der Waals surface area contributed by atoms with E-state index in [1.807, 2.05) is 36.4 Å². The van der Waals surface area contributed by atoms with Crippen LogP contribution in [-0.2, 0) is 13.2 Å². The lowest BCUT2D eigenvalue weighted by Crippen LogP contribution is -2.03. The summed E-state index contributed by atoms with van der Waals surface area (Å²) < 4.78 is 13.5. The van der Waals surface area contributed by atoms with Gasteiger partial charge in [-0.05, 0) is 70.1 Å². The summed E-state index contributed by atoms with van der Waals surface area (Å²) in [4.78, 5) is 10.3. The first-order valence-corrected chi connectivity index (χ1v) is 10.6. The number of hydrogen-bond donors (Lipinski definition) is 1. The molecule has 0 unspecified atom stereocenters. The standard InChI is InChI=1S/C21H18BrIN2O4/c1-28-20-11-15(12-24-17-6-8-18(9-7-17)25(26)27)10-19(23)21(20)29-13-14-2-4-16(22)5-3-14/h2-11,24H,12-13H2,1H3. The maximum atomic E-state index is 10.7. The van der Waals surface area contributed by atoms with Crippen LogP contribution in [0, 0.1) is 13.7 Å². The number of nitrogens with one attached hydrogen (secondary N) is 1. The summed E-state index contributed by atoms with van der Waals surface area (Å²) in [6.45, 7) is 0.997. The minimum Gasteiger partial charge on any atom is -0.493 e. The molecule has 0 aliphatic carbocycles. The number of methoxy groups -OCH3 is 1. The van der Waals surface area contributed by atoms with Crippen molar-refractivity contribution >= 4 is 49.9 Å². The molecule has 0 aliphatic rings. The Balaban J connectivity index is 1.68. The summed E-state index contributed by atoms with van der Waals surface area (Å²) in [6.07, 6.45) is 0. The number of benzene rings is 3. The summed E-state index contributed by atoms with van der Waals surface area (Å²) in [7, 11) is 1.62. The van der Waals surface area contributed by atoms with Gasteiger partial charge in [-0.3, -0.25) is 10.1 Å². The molecule has 3 rings (SSSR count). The third-order valence-corrected chi connectivity index (χ3v) is 5.49. The van der Waals surface area contributed by atoms with E-state index in [4.69, 9.17) is 9.47 Å². The topological polar surface area (TPSA) is 73.6 Å². The van der Waals surface area contributed by atoms with Gasteiger partial charge < -0.3 is 14.8 Å². The average Bonchev–Trinajstić information content (AvgIpc) is 2.72. The van der Waals surface area contributed by atoms with Crippen LogP contribution in [0.15, 0.2) is 65.1 Å². The van der Waals surface area contributed by atoms with Crippen LogP contribution in [0.5, 0.6) is 11.5 Å². The van der Waals surface area contributed by atoms with E-state index < -0.39 is 4.92 Å².